The predicted octanol–water partition coefficient (Wildman–Crippen LogP) is 3.83. The van der Waals surface area contributed by atoms with Gasteiger partial charge in [0.15, 0.2) is 0 Å². The van der Waals surface area contributed by atoms with Crippen LogP contribution in [0.2, 0.25) is 0 Å². The molecule has 2 atom stereocenters. The normalized spacial score (nSPS) is 17.8. The van der Waals surface area contributed by atoms with Crippen LogP contribution in [0.3, 0.4) is 0 Å². The number of carbonyl (C=O) groups is 2. The second kappa shape index (κ2) is 13.4. The molecule has 9 heteroatoms. The summed E-state index contributed by atoms with van der Waals surface area (Å²) in [6.45, 7) is 3.59. The number of hydrogen-bond acceptors (Lipinski definition) is 7. The molecule has 2 aliphatic heterocycles. The first-order valence-corrected chi connectivity index (χ1v) is 14.3. The number of likely N-dealkylation sites (tertiary alicyclic amines) is 1. The highest BCUT2D eigenvalue weighted by Crippen LogP contribution is 2.22. The average molecular weight is 543 g/mol. The van der Waals surface area contributed by atoms with Crippen molar-refractivity contribution < 1.29 is 14.7 Å². The summed E-state index contributed by atoms with van der Waals surface area (Å²) in [5.74, 6) is -0.212. The van der Waals surface area contributed by atoms with Crippen molar-refractivity contribution in [3.05, 3.63) is 72.1 Å². The van der Waals surface area contributed by atoms with Gasteiger partial charge in [0.05, 0.1) is 23.5 Å². The zero-order chi connectivity index (χ0) is 27.7. The second-order valence-electron chi connectivity index (χ2n) is 10.7. The van der Waals surface area contributed by atoms with E-state index in [0.717, 1.165) is 80.9 Å². The zero-order valence-corrected chi connectivity index (χ0v) is 22.8. The van der Waals surface area contributed by atoms with E-state index in [1.54, 1.807) is 6.20 Å². The van der Waals surface area contributed by atoms with Gasteiger partial charge < -0.3 is 26.0 Å². The minimum atomic E-state index is -1.02. The van der Waals surface area contributed by atoms with Crippen LogP contribution in [0.15, 0.2) is 60.8 Å². The second-order valence-corrected chi connectivity index (χ2v) is 10.7. The molecule has 5 rings (SSSR count). The van der Waals surface area contributed by atoms with Crippen LogP contribution in [-0.2, 0) is 22.4 Å². The Balaban J connectivity index is 1.07. The van der Waals surface area contributed by atoms with E-state index < -0.39 is 12.0 Å². The van der Waals surface area contributed by atoms with Gasteiger partial charge in [0.1, 0.15) is 11.9 Å². The van der Waals surface area contributed by atoms with Gasteiger partial charge in [-0.1, -0.05) is 36.4 Å². The summed E-state index contributed by atoms with van der Waals surface area (Å²) in [4.78, 5) is 36.4. The number of pyridine rings is 2. The fraction of sp³-hybridized carbons (Fsp3) is 0.419. The summed E-state index contributed by atoms with van der Waals surface area (Å²) in [6, 6.07) is 16.8. The van der Waals surface area contributed by atoms with E-state index in [2.05, 4.69) is 38.0 Å². The maximum atomic E-state index is 13.0. The predicted molar refractivity (Wildman–Crippen MR) is 156 cm³/mol. The summed E-state index contributed by atoms with van der Waals surface area (Å²) < 4.78 is 0. The average Bonchev–Trinajstić information content (AvgIpc) is 3.00. The molecule has 9 nitrogen and oxygen atoms in total. The molecular formula is C31H38N6O3. The Bertz CT molecular complexity index is 1280. The van der Waals surface area contributed by atoms with Crippen molar-refractivity contribution in [2.24, 2.45) is 5.92 Å². The van der Waals surface area contributed by atoms with Crippen LogP contribution in [0.1, 0.15) is 36.9 Å². The molecule has 1 fully saturated rings. The van der Waals surface area contributed by atoms with Crippen LogP contribution in [0.5, 0.6) is 0 Å². The van der Waals surface area contributed by atoms with Gasteiger partial charge in [-0.05, 0) is 75.4 Å². The number of hydrogen-bond donors (Lipinski definition) is 4. The molecule has 1 saturated heterocycles. The van der Waals surface area contributed by atoms with Gasteiger partial charge in [-0.3, -0.25) is 9.78 Å². The Morgan fingerprint density at radius 2 is 1.98 bits per heavy atom. The van der Waals surface area contributed by atoms with Gasteiger partial charge >= 0.3 is 5.97 Å². The van der Waals surface area contributed by atoms with Gasteiger partial charge in [0.25, 0.3) is 0 Å². The van der Waals surface area contributed by atoms with Gasteiger partial charge in [-0.25, -0.2) is 9.78 Å². The fourth-order valence-corrected chi connectivity index (χ4v) is 5.47. The molecule has 0 radical (unpaired) electrons. The molecule has 2 aromatic heterocycles. The van der Waals surface area contributed by atoms with Crippen LogP contribution >= 0.6 is 0 Å². The van der Waals surface area contributed by atoms with Crippen LogP contribution < -0.4 is 16.0 Å². The van der Waals surface area contributed by atoms with Crippen LogP contribution in [0, 0.1) is 5.92 Å². The summed E-state index contributed by atoms with van der Waals surface area (Å²) in [7, 11) is 0. The molecule has 1 amide bonds. The standard InChI is InChI=1S/C31H38N6O3/c38-30(34-20-28(31(39)40)35-26-14-15-27(33-19-26)22-7-2-1-3-8-22)24-10-5-17-37(21-24)18-6-11-25-13-12-23-9-4-16-32-29(23)36-25/h1-3,7-8,12-15,19,24,28,35H,4-6,9-11,16-18,20-21H2,(H,32,36)(H,34,38)(H,39,40)/t24-,28-/m1/s1. The number of aliphatic carboxylic acids is 1. The molecule has 0 saturated carbocycles. The molecular weight excluding hydrogens is 504 g/mol. The molecule has 210 valence electrons. The highest BCUT2D eigenvalue weighted by atomic mass is 16.4. The number of aryl methyl sites for hydroxylation is 2. The van der Waals surface area contributed by atoms with Gasteiger partial charge in [0, 0.05) is 30.9 Å². The molecule has 4 N–H and O–H groups in total. The number of carboxylic acids is 1. The zero-order valence-electron chi connectivity index (χ0n) is 22.8. The monoisotopic (exact) mass is 542 g/mol. The number of carbonyl (C=O) groups excluding carboxylic acids is 1. The maximum absolute atomic E-state index is 13.0. The van der Waals surface area contributed by atoms with E-state index in [4.69, 9.17) is 4.98 Å². The van der Waals surface area contributed by atoms with Gasteiger partial charge in [0.2, 0.25) is 5.91 Å². The highest BCUT2D eigenvalue weighted by Gasteiger charge is 2.27. The van der Waals surface area contributed by atoms with Crippen molar-refractivity contribution in [3.8, 4) is 11.3 Å². The Labute approximate surface area is 235 Å². The first-order valence-electron chi connectivity index (χ1n) is 14.3. The number of amides is 1. The summed E-state index contributed by atoms with van der Waals surface area (Å²) in [6.07, 6.45) is 7.55. The Morgan fingerprint density at radius 1 is 1.10 bits per heavy atom. The third-order valence-electron chi connectivity index (χ3n) is 7.69. The number of nitrogens with zero attached hydrogens (tertiary/aromatic N) is 3. The van der Waals surface area contributed by atoms with Crippen molar-refractivity contribution in [3.63, 3.8) is 0 Å². The largest absolute Gasteiger partial charge is 0.480 e. The van der Waals surface area contributed by atoms with E-state index >= 15 is 0 Å². The topological polar surface area (TPSA) is 119 Å². The minimum absolute atomic E-state index is 0.00311. The quantitative estimate of drug-likeness (QED) is 0.289. The number of carboxylic acid groups (broad SMARTS) is 1. The lowest BCUT2D eigenvalue weighted by Crippen LogP contribution is -2.47. The summed E-state index contributed by atoms with van der Waals surface area (Å²) in [5, 5.41) is 19.0. The molecule has 4 heterocycles. The van der Waals surface area contributed by atoms with E-state index in [0.29, 0.717) is 12.2 Å². The Kier molecular flexibility index (Phi) is 9.23. The number of nitrogens with one attached hydrogen (secondary N) is 3. The van der Waals surface area contributed by atoms with Crippen LogP contribution in [0.25, 0.3) is 11.3 Å². The molecule has 40 heavy (non-hydrogen) atoms. The van der Waals surface area contributed by atoms with Crippen molar-refractivity contribution in [2.45, 2.75) is 44.6 Å². The lowest BCUT2D eigenvalue weighted by Gasteiger charge is -2.32. The first-order chi connectivity index (χ1) is 19.5. The van der Waals surface area contributed by atoms with Crippen molar-refractivity contribution >= 4 is 23.4 Å². The third kappa shape index (κ3) is 7.35. The summed E-state index contributed by atoms with van der Waals surface area (Å²) >= 11 is 0. The minimum Gasteiger partial charge on any atom is -0.480 e. The number of fused-ring (bicyclic) bond motifs is 1. The summed E-state index contributed by atoms with van der Waals surface area (Å²) in [5.41, 5.74) is 4.80. The van der Waals surface area contributed by atoms with Crippen LogP contribution in [0.4, 0.5) is 11.5 Å². The van der Waals surface area contributed by atoms with Gasteiger partial charge in [-0.15, -0.1) is 0 Å². The number of piperidine rings is 1. The number of anilines is 2. The van der Waals surface area contributed by atoms with Crippen molar-refractivity contribution in [1.29, 1.82) is 0 Å². The van der Waals surface area contributed by atoms with E-state index in [9.17, 15) is 14.7 Å². The number of rotatable bonds is 11. The molecule has 1 aromatic carbocycles. The molecule has 0 aliphatic carbocycles. The van der Waals surface area contributed by atoms with Crippen LogP contribution in [-0.4, -0.2) is 70.6 Å². The number of aromatic nitrogens is 2. The lowest BCUT2D eigenvalue weighted by molar-refractivity contribution is -0.138. The molecule has 0 unspecified atom stereocenters. The molecule has 0 bridgehead atoms. The van der Waals surface area contributed by atoms with E-state index in [1.807, 2.05) is 42.5 Å². The lowest BCUT2D eigenvalue weighted by atomic mass is 9.96. The molecule has 3 aromatic rings. The van der Waals surface area contributed by atoms with E-state index in [1.165, 1.54) is 5.56 Å². The Morgan fingerprint density at radius 3 is 2.77 bits per heavy atom. The Hall–Kier alpha value is -3.98. The van der Waals surface area contributed by atoms with Crippen molar-refractivity contribution in [2.75, 3.05) is 43.4 Å². The van der Waals surface area contributed by atoms with E-state index in [-0.39, 0.29) is 18.4 Å². The first kappa shape index (κ1) is 27.6. The van der Waals surface area contributed by atoms with Crippen molar-refractivity contribution in [1.82, 2.24) is 20.2 Å². The van der Waals surface area contributed by atoms with Gasteiger partial charge in [-0.2, -0.15) is 0 Å². The smallest absolute Gasteiger partial charge is 0.327 e. The molecule has 2 aliphatic rings. The fourth-order valence-electron chi connectivity index (χ4n) is 5.47. The SMILES string of the molecule is O=C(NC[C@@H](Nc1ccc(-c2ccccc2)nc1)C(=O)O)[C@@H]1CCCN(CCCc2ccc3c(n2)NCCC3)C1. The number of benzene rings is 1. The maximum Gasteiger partial charge on any atom is 0.327 e. The highest BCUT2D eigenvalue weighted by molar-refractivity contribution is 5.82. The molecule has 0 spiro atoms. The third-order valence-corrected chi connectivity index (χ3v) is 7.69.